The highest BCUT2D eigenvalue weighted by Crippen LogP contribution is 2.26. The molecule has 7 nitrogen and oxygen atoms in total. The Hall–Kier alpha value is -1.71. The maximum atomic E-state index is 14.5. The van der Waals surface area contributed by atoms with Crippen LogP contribution >= 0.6 is 0 Å². The van der Waals surface area contributed by atoms with Crippen molar-refractivity contribution in [2.75, 3.05) is 55.4 Å². The fourth-order valence-corrected chi connectivity index (χ4v) is 5.42. The van der Waals surface area contributed by atoms with E-state index in [1.54, 1.807) is 12.1 Å². The lowest BCUT2D eigenvalue weighted by molar-refractivity contribution is -0.120. The molecule has 3 rings (SSSR count). The van der Waals surface area contributed by atoms with Gasteiger partial charge in [0.25, 0.3) is 0 Å². The number of hydrogen-bond donors (Lipinski definition) is 1. The summed E-state index contributed by atoms with van der Waals surface area (Å²) in [5.74, 6) is -0.667. The van der Waals surface area contributed by atoms with Crippen LogP contribution in [-0.2, 0) is 19.6 Å². The average Bonchev–Trinajstić information content (AvgIpc) is 2.73. The number of carbonyl (C=O) groups excluding carboxylic acids is 1. The van der Waals surface area contributed by atoms with Crippen LogP contribution in [0.4, 0.5) is 15.8 Å². The zero-order valence-electron chi connectivity index (χ0n) is 16.9. The molecule has 0 saturated carbocycles. The number of carbonyl (C=O) groups is 1. The van der Waals surface area contributed by atoms with Crippen LogP contribution in [0.15, 0.2) is 18.2 Å². The molecule has 2 heterocycles. The second-order valence-electron chi connectivity index (χ2n) is 7.60. The van der Waals surface area contributed by atoms with Gasteiger partial charge in [-0.1, -0.05) is 13.3 Å². The average molecular weight is 428 g/mol. The number of amides is 1. The third-order valence-corrected chi connectivity index (χ3v) is 7.50. The lowest BCUT2D eigenvalue weighted by Crippen LogP contribution is -2.42. The van der Waals surface area contributed by atoms with Crippen molar-refractivity contribution in [3.05, 3.63) is 24.0 Å². The number of morpholine rings is 1. The number of anilines is 2. The van der Waals surface area contributed by atoms with Crippen LogP contribution in [0.2, 0.25) is 0 Å². The molecule has 1 N–H and O–H groups in total. The number of rotatable bonds is 7. The van der Waals surface area contributed by atoms with Gasteiger partial charge in [0.1, 0.15) is 5.82 Å². The molecule has 0 aliphatic carbocycles. The molecule has 1 amide bonds. The SMILES string of the molecule is CCCCS(=O)(=O)N1CCC(C(=O)Nc2ccc(N3CCOCC3)c(F)c2)CC1. The summed E-state index contributed by atoms with van der Waals surface area (Å²) in [5, 5.41) is 2.78. The van der Waals surface area contributed by atoms with E-state index in [2.05, 4.69) is 5.32 Å². The normalized spacial score (nSPS) is 19.3. The number of hydrogen-bond acceptors (Lipinski definition) is 5. The zero-order chi connectivity index (χ0) is 20.9. The second-order valence-corrected chi connectivity index (χ2v) is 9.69. The van der Waals surface area contributed by atoms with Crippen LogP contribution in [0.25, 0.3) is 0 Å². The summed E-state index contributed by atoms with van der Waals surface area (Å²) in [7, 11) is -3.24. The van der Waals surface area contributed by atoms with Crippen LogP contribution in [0.3, 0.4) is 0 Å². The van der Waals surface area contributed by atoms with Gasteiger partial charge in [0.05, 0.1) is 24.7 Å². The van der Waals surface area contributed by atoms with E-state index in [1.165, 1.54) is 10.4 Å². The molecule has 0 atom stereocenters. The van der Waals surface area contributed by atoms with Crippen molar-refractivity contribution in [1.29, 1.82) is 0 Å². The van der Waals surface area contributed by atoms with Crippen LogP contribution in [0, 0.1) is 11.7 Å². The first kappa shape index (κ1) is 22.0. The second kappa shape index (κ2) is 9.86. The standard InChI is InChI=1S/C20H30FN3O4S/c1-2-3-14-29(26,27)24-8-6-16(7-9-24)20(25)22-17-4-5-19(18(21)15-17)23-10-12-28-13-11-23/h4-5,15-16H,2-3,6-14H2,1H3,(H,22,25). The van der Waals surface area contributed by atoms with Gasteiger partial charge in [0, 0.05) is 37.8 Å². The minimum atomic E-state index is -3.24. The van der Waals surface area contributed by atoms with E-state index in [0.29, 0.717) is 70.0 Å². The molecule has 0 unspecified atom stereocenters. The first-order valence-corrected chi connectivity index (χ1v) is 11.9. The minimum Gasteiger partial charge on any atom is -0.378 e. The molecule has 2 aliphatic heterocycles. The number of benzene rings is 1. The monoisotopic (exact) mass is 427 g/mol. The van der Waals surface area contributed by atoms with Crippen molar-refractivity contribution < 1.29 is 22.3 Å². The number of piperidine rings is 1. The summed E-state index contributed by atoms with van der Waals surface area (Å²) in [5.41, 5.74) is 0.930. The number of nitrogens with zero attached hydrogens (tertiary/aromatic N) is 2. The van der Waals surface area contributed by atoms with Gasteiger partial charge in [-0.3, -0.25) is 4.79 Å². The van der Waals surface area contributed by atoms with Crippen molar-refractivity contribution in [2.24, 2.45) is 5.92 Å². The summed E-state index contributed by atoms with van der Waals surface area (Å²) >= 11 is 0. The van der Waals surface area contributed by atoms with Gasteiger partial charge in [-0.05, 0) is 37.5 Å². The molecule has 9 heteroatoms. The lowest BCUT2D eigenvalue weighted by Gasteiger charge is -2.31. The molecule has 0 bridgehead atoms. The third-order valence-electron chi connectivity index (χ3n) is 5.54. The fraction of sp³-hybridized carbons (Fsp3) is 0.650. The first-order valence-electron chi connectivity index (χ1n) is 10.3. The molecule has 2 saturated heterocycles. The highest BCUT2D eigenvalue weighted by Gasteiger charge is 2.30. The van der Waals surface area contributed by atoms with E-state index < -0.39 is 10.0 Å². The number of sulfonamides is 1. The van der Waals surface area contributed by atoms with Crippen molar-refractivity contribution >= 4 is 27.3 Å². The minimum absolute atomic E-state index is 0.162. The zero-order valence-corrected chi connectivity index (χ0v) is 17.7. The van der Waals surface area contributed by atoms with Crippen LogP contribution in [0.5, 0.6) is 0 Å². The van der Waals surface area contributed by atoms with E-state index in [4.69, 9.17) is 4.74 Å². The van der Waals surface area contributed by atoms with Crippen molar-refractivity contribution in [1.82, 2.24) is 4.31 Å². The molecular formula is C20H30FN3O4S. The van der Waals surface area contributed by atoms with E-state index in [1.807, 2.05) is 11.8 Å². The van der Waals surface area contributed by atoms with E-state index in [-0.39, 0.29) is 23.4 Å². The maximum absolute atomic E-state index is 14.5. The predicted octanol–water partition coefficient (Wildman–Crippen LogP) is 2.44. The third kappa shape index (κ3) is 5.67. The van der Waals surface area contributed by atoms with E-state index >= 15 is 0 Å². The Bertz CT molecular complexity index is 804. The van der Waals surface area contributed by atoms with E-state index in [9.17, 15) is 17.6 Å². The molecule has 0 spiro atoms. The summed E-state index contributed by atoms with van der Waals surface area (Å²) in [4.78, 5) is 14.5. The summed E-state index contributed by atoms with van der Waals surface area (Å²) in [6.45, 7) is 5.10. The van der Waals surface area contributed by atoms with Gasteiger partial charge in [0.15, 0.2) is 0 Å². The van der Waals surface area contributed by atoms with Crippen LogP contribution in [0.1, 0.15) is 32.6 Å². The quantitative estimate of drug-likeness (QED) is 0.723. The van der Waals surface area contributed by atoms with Gasteiger partial charge in [-0.2, -0.15) is 0 Å². The van der Waals surface area contributed by atoms with Crippen molar-refractivity contribution in [3.63, 3.8) is 0 Å². The van der Waals surface area contributed by atoms with E-state index in [0.717, 1.165) is 6.42 Å². The molecule has 2 aliphatic rings. The van der Waals surface area contributed by atoms with Gasteiger partial charge in [0.2, 0.25) is 15.9 Å². The largest absolute Gasteiger partial charge is 0.378 e. The summed E-state index contributed by atoms with van der Waals surface area (Å²) in [6.07, 6.45) is 2.44. The van der Waals surface area contributed by atoms with Crippen LogP contribution in [-0.4, -0.2) is 63.8 Å². The Balaban J connectivity index is 1.54. The fourth-order valence-electron chi connectivity index (χ4n) is 3.74. The Morgan fingerprint density at radius 3 is 2.52 bits per heavy atom. The number of nitrogens with one attached hydrogen (secondary N) is 1. The highest BCUT2D eigenvalue weighted by atomic mass is 32.2. The molecule has 0 aromatic heterocycles. The van der Waals surface area contributed by atoms with Gasteiger partial charge in [-0.15, -0.1) is 0 Å². The van der Waals surface area contributed by atoms with Gasteiger partial charge >= 0.3 is 0 Å². The smallest absolute Gasteiger partial charge is 0.227 e. The molecule has 1 aromatic rings. The molecular weight excluding hydrogens is 397 g/mol. The molecule has 0 radical (unpaired) electrons. The first-order chi connectivity index (χ1) is 13.9. The Morgan fingerprint density at radius 1 is 1.21 bits per heavy atom. The Labute approximate surface area is 172 Å². The number of unbranched alkanes of at least 4 members (excludes halogenated alkanes) is 1. The summed E-state index contributed by atoms with van der Waals surface area (Å²) in [6, 6.07) is 4.72. The molecule has 29 heavy (non-hydrogen) atoms. The molecule has 1 aromatic carbocycles. The Kier molecular flexibility index (Phi) is 7.48. The summed E-state index contributed by atoms with van der Waals surface area (Å²) < 4.78 is 45.9. The predicted molar refractivity (Wildman–Crippen MR) is 111 cm³/mol. The van der Waals surface area contributed by atoms with Crippen LogP contribution < -0.4 is 10.2 Å². The number of ether oxygens (including phenoxy) is 1. The van der Waals surface area contributed by atoms with Crippen molar-refractivity contribution in [3.8, 4) is 0 Å². The van der Waals surface area contributed by atoms with Crippen molar-refractivity contribution in [2.45, 2.75) is 32.6 Å². The maximum Gasteiger partial charge on any atom is 0.227 e. The molecule has 162 valence electrons. The van der Waals surface area contributed by atoms with Gasteiger partial charge < -0.3 is 15.0 Å². The number of halogens is 1. The Morgan fingerprint density at radius 2 is 1.90 bits per heavy atom. The topological polar surface area (TPSA) is 79.0 Å². The van der Waals surface area contributed by atoms with Gasteiger partial charge in [-0.25, -0.2) is 17.1 Å². The molecule has 2 fully saturated rings. The lowest BCUT2D eigenvalue weighted by atomic mass is 9.97. The highest BCUT2D eigenvalue weighted by molar-refractivity contribution is 7.89.